The van der Waals surface area contributed by atoms with Crippen molar-refractivity contribution in [2.75, 3.05) is 46.3 Å². The van der Waals surface area contributed by atoms with Crippen molar-refractivity contribution in [1.29, 1.82) is 0 Å². The Labute approximate surface area is 178 Å². The average molecular weight is 479 g/mol. The Kier molecular flexibility index (Phi) is 12.9. The minimum Gasteiger partial charge on any atom is -0.357 e. The monoisotopic (exact) mass is 479 g/mol. The molecular weight excluding hydrogens is 437 g/mol. The fourth-order valence-electron chi connectivity index (χ4n) is 4.15. The summed E-state index contributed by atoms with van der Waals surface area (Å²) in [5.41, 5.74) is 0. The lowest BCUT2D eigenvalue weighted by molar-refractivity contribution is 0.196. The van der Waals surface area contributed by atoms with Gasteiger partial charge in [0.25, 0.3) is 0 Å². The lowest BCUT2D eigenvalue weighted by Crippen LogP contribution is -2.49. The van der Waals surface area contributed by atoms with E-state index in [4.69, 9.17) is 4.99 Å². The molecule has 2 fully saturated rings. The fourth-order valence-corrected chi connectivity index (χ4v) is 4.15. The molecule has 0 spiro atoms. The summed E-state index contributed by atoms with van der Waals surface area (Å²) in [7, 11) is 2.27. The quantitative estimate of drug-likeness (QED) is 0.319. The zero-order valence-corrected chi connectivity index (χ0v) is 19.6. The zero-order valence-electron chi connectivity index (χ0n) is 17.3. The molecule has 0 atom stereocenters. The molecule has 154 valence electrons. The Morgan fingerprint density at radius 2 is 1.77 bits per heavy atom. The SMILES string of the molecule is CCCN1CCC(NC(=NCCN(C)C2CCCCC2)NCC)CC1.I. The molecule has 2 N–H and O–H groups in total. The third kappa shape index (κ3) is 8.74. The molecule has 0 aromatic carbocycles. The first-order valence-electron chi connectivity index (χ1n) is 10.7. The van der Waals surface area contributed by atoms with Crippen LogP contribution in [-0.4, -0.2) is 74.2 Å². The Morgan fingerprint density at radius 3 is 2.38 bits per heavy atom. The van der Waals surface area contributed by atoms with Gasteiger partial charge in [-0.25, -0.2) is 0 Å². The third-order valence-electron chi connectivity index (χ3n) is 5.73. The summed E-state index contributed by atoms with van der Waals surface area (Å²) >= 11 is 0. The standard InChI is InChI=1S/C20H41N5.HI/c1-4-14-25-15-11-18(12-16-25)23-20(21-5-2)22-13-17-24(3)19-9-7-6-8-10-19;/h18-19H,4-17H2,1-3H3,(H2,21,22,23);1H. The van der Waals surface area contributed by atoms with Crippen molar-refractivity contribution in [3.63, 3.8) is 0 Å². The van der Waals surface area contributed by atoms with Crippen LogP contribution in [0.1, 0.15) is 65.2 Å². The minimum absolute atomic E-state index is 0. The molecule has 0 radical (unpaired) electrons. The van der Waals surface area contributed by atoms with Crippen LogP contribution in [-0.2, 0) is 0 Å². The number of likely N-dealkylation sites (N-methyl/N-ethyl adjacent to an activating group) is 1. The van der Waals surface area contributed by atoms with E-state index in [1.54, 1.807) is 0 Å². The first-order chi connectivity index (χ1) is 12.2. The molecule has 0 aromatic rings. The first kappa shape index (κ1) is 24.0. The van der Waals surface area contributed by atoms with Crippen LogP contribution < -0.4 is 10.6 Å². The highest BCUT2D eigenvalue weighted by Crippen LogP contribution is 2.21. The van der Waals surface area contributed by atoms with Crippen LogP contribution in [0.5, 0.6) is 0 Å². The number of aliphatic imine (C=N–C) groups is 1. The molecule has 1 saturated carbocycles. The van der Waals surface area contributed by atoms with E-state index in [2.05, 4.69) is 41.3 Å². The Balaban J connectivity index is 0.00000338. The molecule has 0 aromatic heterocycles. The lowest BCUT2D eigenvalue weighted by Gasteiger charge is -2.33. The predicted octanol–water partition coefficient (Wildman–Crippen LogP) is 3.30. The van der Waals surface area contributed by atoms with Gasteiger partial charge in [-0.15, -0.1) is 24.0 Å². The van der Waals surface area contributed by atoms with Crippen molar-refractivity contribution >= 4 is 29.9 Å². The number of hydrogen-bond donors (Lipinski definition) is 2. The van der Waals surface area contributed by atoms with Gasteiger partial charge in [0.2, 0.25) is 0 Å². The van der Waals surface area contributed by atoms with Gasteiger partial charge < -0.3 is 20.4 Å². The molecule has 6 heteroatoms. The van der Waals surface area contributed by atoms with Crippen molar-refractivity contribution in [3.8, 4) is 0 Å². The average Bonchev–Trinajstić information content (AvgIpc) is 2.64. The normalized spacial score (nSPS) is 20.8. The second kappa shape index (κ2) is 14.0. The third-order valence-corrected chi connectivity index (χ3v) is 5.73. The molecule has 0 amide bonds. The number of piperidine rings is 1. The Bertz CT molecular complexity index is 376. The summed E-state index contributed by atoms with van der Waals surface area (Å²) in [6.07, 6.45) is 10.7. The molecule has 5 nitrogen and oxygen atoms in total. The molecule has 0 bridgehead atoms. The Morgan fingerprint density at radius 1 is 1.08 bits per heavy atom. The van der Waals surface area contributed by atoms with E-state index in [0.717, 1.165) is 31.6 Å². The van der Waals surface area contributed by atoms with Gasteiger partial charge in [-0.05, 0) is 52.6 Å². The van der Waals surface area contributed by atoms with Gasteiger partial charge in [-0.2, -0.15) is 0 Å². The highest BCUT2D eigenvalue weighted by molar-refractivity contribution is 14.0. The van der Waals surface area contributed by atoms with E-state index in [0.29, 0.717) is 6.04 Å². The van der Waals surface area contributed by atoms with E-state index in [-0.39, 0.29) is 24.0 Å². The Hall–Kier alpha value is -0.0800. The molecule has 2 aliphatic rings. The van der Waals surface area contributed by atoms with Crippen molar-refractivity contribution in [2.45, 2.75) is 77.3 Å². The molecule has 1 heterocycles. The van der Waals surface area contributed by atoms with Crippen LogP contribution in [0.2, 0.25) is 0 Å². The number of nitrogens with one attached hydrogen (secondary N) is 2. The highest BCUT2D eigenvalue weighted by Gasteiger charge is 2.20. The second-order valence-corrected chi connectivity index (χ2v) is 7.79. The van der Waals surface area contributed by atoms with Gasteiger partial charge in [0.1, 0.15) is 0 Å². The summed E-state index contributed by atoms with van der Waals surface area (Å²) in [4.78, 5) is 9.94. The van der Waals surface area contributed by atoms with E-state index < -0.39 is 0 Å². The molecule has 1 aliphatic carbocycles. The number of rotatable bonds is 8. The zero-order chi connectivity index (χ0) is 17.9. The van der Waals surface area contributed by atoms with Gasteiger partial charge in [0.05, 0.1) is 6.54 Å². The van der Waals surface area contributed by atoms with Crippen LogP contribution in [0, 0.1) is 0 Å². The minimum atomic E-state index is 0. The summed E-state index contributed by atoms with van der Waals surface area (Å²) in [5, 5.41) is 7.09. The van der Waals surface area contributed by atoms with Gasteiger partial charge in [-0.3, -0.25) is 4.99 Å². The summed E-state index contributed by atoms with van der Waals surface area (Å²) in [5.74, 6) is 1.01. The van der Waals surface area contributed by atoms with E-state index >= 15 is 0 Å². The molecule has 1 aliphatic heterocycles. The number of hydrogen-bond acceptors (Lipinski definition) is 3. The van der Waals surface area contributed by atoms with Crippen LogP contribution in [0.3, 0.4) is 0 Å². The van der Waals surface area contributed by atoms with Crippen molar-refractivity contribution in [3.05, 3.63) is 0 Å². The number of guanidine groups is 1. The maximum atomic E-state index is 4.84. The molecule has 0 unspecified atom stereocenters. The van der Waals surface area contributed by atoms with Gasteiger partial charge in [0, 0.05) is 38.3 Å². The van der Waals surface area contributed by atoms with Crippen LogP contribution >= 0.6 is 24.0 Å². The maximum absolute atomic E-state index is 4.84. The maximum Gasteiger partial charge on any atom is 0.191 e. The summed E-state index contributed by atoms with van der Waals surface area (Å²) in [6, 6.07) is 1.35. The molecular formula is C20H42IN5. The van der Waals surface area contributed by atoms with E-state index in [9.17, 15) is 0 Å². The van der Waals surface area contributed by atoms with Gasteiger partial charge in [0.15, 0.2) is 5.96 Å². The molecule has 1 saturated heterocycles. The van der Waals surface area contributed by atoms with Crippen LogP contribution in [0.15, 0.2) is 4.99 Å². The largest absolute Gasteiger partial charge is 0.357 e. The topological polar surface area (TPSA) is 42.9 Å². The predicted molar refractivity (Wildman–Crippen MR) is 124 cm³/mol. The lowest BCUT2D eigenvalue weighted by atomic mass is 9.94. The van der Waals surface area contributed by atoms with Crippen LogP contribution in [0.25, 0.3) is 0 Å². The summed E-state index contributed by atoms with van der Waals surface area (Å²) in [6.45, 7) is 11.0. The van der Waals surface area contributed by atoms with Crippen molar-refractivity contribution < 1.29 is 0 Å². The first-order valence-corrected chi connectivity index (χ1v) is 10.7. The fraction of sp³-hybridized carbons (Fsp3) is 0.950. The highest BCUT2D eigenvalue weighted by atomic mass is 127. The van der Waals surface area contributed by atoms with Crippen molar-refractivity contribution in [1.82, 2.24) is 20.4 Å². The number of nitrogens with zero attached hydrogens (tertiary/aromatic N) is 3. The van der Waals surface area contributed by atoms with Crippen molar-refractivity contribution in [2.24, 2.45) is 4.99 Å². The number of likely N-dealkylation sites (tertiary alicyclic amines) is 1. The number of halogens is 1. The summed E-state index contributed by atoms with van der Waals surface area (Å²) < 4.78 is 0. The van der Waals surface area contributed by atoms with E-state index in [1.165, 1.54) is 71.0 Å². The van der Waals surface area contributed by atoms with Gasteiger partial charge in [-0.1, -0.05) is 26.2 Å². The molecule has 26 heavy (non-hydrogen) atoms. The smallest absolute Gasteiger partial charge is 0.191 e. The molecule has 2 rings (SSSR count). The second-order valence-electron chi connectivity index (χ2n) is 7.79. The van der Waals surface area contributed by atoms with Crippen LogP contribution in [0.4, 0.5) is 0 Å². The van der Waals surface area contributed by atoms with Gasteiger partial charge >= 0.3 is 0 Å². The van der Waals surface area contributed by atoms with E-state index in [1.807, 2.05) is 0 Å².